The summed E-state index contributed by atoms with van der Waals surface area (Å²) in [7, 11) is 0. The van der Waals surface area contributed by atoms with Gasteiger partial charge >= 0.3 is 5.97 Å². The van der Waals surface area contributed by atoms with Crippen LogP contribution in [0.1, 0.15) is 71.6 Å². The van der Waals surface area contributed by atoms with Gasteiger partial charge in [0.25, 0.3) is 0 Å². The second-order valence-electron chi connectivity index (χ2n) is 10.5. The van der Waals surface area contributed by atoms with Gasteiger partial charge in [0.2, 0.25) is 0 Å². The summed E-state index contributed by atoms with van der Waals surface area (Å²) in [6.07, 6.45) is 9.29. The van der Waals surface area contributed by atoms with E-state index in [1.165, 1.54) is 32.2 Å². The standard InChI is InChI=1S/C22H35NO3/c1-13(2)15-5-6-16-14-9-11-22-17(7-8-18(22)24)21(16,10-3-4-19(25)26)20(15)23(22)12-14/h13-18,20,24H,3-12H2,1-2H3,(H,25,26). The van der Waals surface area contributed by atoms with Crippen LogP contribution in [0.25, 0.3) is 0 Å². The Balaban J connectivity index is 1.62. The lowest BCUT2D eigenvalue weighted by Gasteiger charge is -2.62. The Hall–Kier alpha value is -0.610. The second-order valence-corrected chi connectivity index (χ2v) is 10.5. The van der Waals surface area contributed by atoms with Crippen molar-refractivity contribution in [3.05, 3.63) is 0 Å². The monoisotopic (exact) mass is 361 g/mol. The van der Waals surface area contributed by atoms with Crippen molar-refractivity contribution in [3.8, 4) is 0 Å². The minimum Gasteiger partial charge on any atom is -0.481 e. The molecule has 146 valence electrons. The average Bonchev–Trinajstić information content (AvgIpc) is 2.96. The maximum absolute atomic E-state index is 11.2. The molecule has 0 aromatic rings. The van der Waals surface area contributed by atoms with Crippen molar-refractivity contribution in [3.63, 3.8) is 0 Å². The van der Waals surface area contributed by atoms with Gasteiger partial charge in [-0.05, 0) is 86.4 Å². The molecule has 2 aliphatic carbocycles. The largest absolute Gasteiger partial charge is 0.481 e. The Morgan fingerprint density at radius 3 is 2.73 bits per heavy atom. The van der Waals surface area contributed by atoms with E-state index in [-0.39, 0.29) is 17.1 Å². The van der Waals surface area contributed by atoms with Crippen molar-refractivity contribution in [1.29, 1.82) is 0 Å². The van der Waals surface area contributed by atoms with Crippen LogP contribution in [0, 0.1) is 35.0 Å². The van der Waals surface area contributed by atoms with Gasteiger partial charge in [-0.15, -0.1) is 0 Å². The van der Waals surface area contributed by atoms with Crippen LogP contribution >= 0.6 is 0 Å². The molecule has 9 atom stereocenters. The van der Waals surface area contributed by atoms with Crippen molar-refractivity contribution >= 4 is 5.97 Å². The Kier molecular flexibility index (Phi) is 3.83. The highest BCUT2D eigenvalue weighted by atomic mass is 16.4. The van der Waals surface area contributed by atoms with Crippen LogP contribution in [0.4, 0.5) is 0 Å². The van der Waals surface area contributed by atoms with Gasteiger partial charge < -0.3 is 10.2 Å². The number of nitrogens with zero attached hydrogens (tertiary/aromatic N) is 1. The minimum absolute atomic E-state index is 0.0244. The molecule has 4 nitrogen and oxygen atoms in total. The normalized spacial score (nSPS) is 53.9. The number of piperidine rings is 2. The van der Waals surface area contributed by atoms with E-state index in [0.717, 1.165) is 37.5 Å². The van der Waals surface area contributed by atoms with Crippen LogP contribution in [0.5, 0.6) is 0 Å². The van der Waals surface area contributed by atoms with Crippen molar-refractivity contribution in [2.24, 2.45) is 35.0 Å². The molecule has 4 heteroatoms. The predicted octanol–water partition coefficient (Wildman–Crippen LogP) is 3.53. The molecular formula is C22H35NO3. The number of hydrogen-bond donors (Lipinski definition) is 2. The van der Waals surface area contributed by atoms with Gasteiger partial charge in [0.15, 0.2) is 0 Å². The van der Waals surface area contributed by atoms with E-state index in [2.05, 4.69) is 18.7 Å². The molecule has 0 aromatic carbocycles. The van der Waals surface area contributed by atoms with Crippen LogP contribution in [0.2, 0.25) is 0 Å². The van der Waals surface area contributed by atoms with Gasteiger partial charge in [0.1, 0.15) is 0 Å². The molecule has 3 heterocycles. The number of carbonyl (C=O) groups is 1. The van der Waals surface area contributed by atoms with Gasteiger partial charge in [0, 0.05) is 19.0 Å². The van der Waals surface area contributed by atoms with Crippen LogP contribution in [0.3, 0.4) is 0 Å². The van der Waals surface area contributed by atoms with Gasteiger partial charge in [0.05, 0.1) is 11.6 Å². The molecular weight excluding hydrogens is 326 g/mol. The third-order valence-electron chi connectivity index (χ3n) is 9.66. The number of aliphatic hydroxyl groups excluding tert-OH is 1. The number of hydrogen-bond acceptors (Lipinski definition) is 3. The molecule has 1 spiro atoms. The van der Waals surface area contributed by atoms with Crippen molar-refractivity contribution < 1.29 is 15.0 Å². The van der Waals surface area contributed by atoms with Crippen LogP contribution < -0.4 is 0 Å². The van der Waals surface area contributed by atoms with E-state index in [1.54, 1.807) is 0 Å². The fourth-order valence-corrected chi connectivity index (χ4v) is 9.13. The quantitative estimate of drug-likeness (QED) is 0.786. The third kappa shape index (κ3) is 1.91. The lowest BCUT2D eigenvalue weighted by Crippen LogP contribution is -2.66. The summed E-state index contributed by atoms with van der Waals surface area (Å²) in [6.45, 7) is 5.97. The highest BCUT2D eigenvalue weighted by Crippen LogP contribution is 2.75. The van der Waals surface area contributed by atoms with Crippen LogP contribution in [-0.4, -0.2) is 45.3 Å². The maximum Gasteiger partial charge on any atom is 0.303 e. The Labute approximate surface area is 157 Å². The van der Waals surface area contributed by atoms with E-state index >= 15 is 0 Å². The number of fused-ring (bicyclic) bond motifs is 2. The van der Waals surface area contributed by atoms with E-state index in [4.69, 9.17) is 0 Å². The molecule has 3 aliphatic heterocycles. The molecule has 2 saturated carbocycles. The highest BCUT2D eigenvalue weighted by molar-refractivity contribution is 5.66. The zero-order valence-corrected chi connectivity index (χ0v) is 16.4. The first-order chi connectivity index (χ1) is 12.4. The molecule has 3 saturated heterocycles. The molecule has 5 bridgehead atoms. The number of carboxylic acids is 1. The first-order valence-electron chi connectivity index (χ1n) is 11.1. The lowest BCUT2D eigenvalue weighted by molar-refractivity contribution is -0.145. The molecule has 0 radical (unpaired) electrons. The molecule has 5 aliphatic rings. The molecule has 0 amide bonds. The summed E-state index contributed by atoms with van der Waals surface area (Å²) < 4.78 is 0. The Morgan fingerprint density at radius 2 is 2.00 bits per heavy atom. The molecule has 5 rings (SSSR count). The number of aliphatic carboxylic acids is 1. The molecule has 26 heavy (non-hydrogen) atoms. The molecule has 2 N–H and O–H groups in total. The van der Waals surface area contributed by atoms with E-state index in [0.29, 0.717) is 30.2 Å². The Bertz CT molecular complexity index is 606. The summed E-state index contributed by atoms with van der Waals surface area (Å²) in [6, 6.07) is 0.589. The second kappa shape index (κ2) is 5.70. The topological polar surface area (TPSA) is 60.8 Å². The average molecular weight is 362 g/mol. The zero-order valence-electron chi connectivity index (χ0n) is 16.4. The third-order valence-corrected chi connectivity index (χ3v) is 9.66. The summed E-state index contributed by atoms with van der Waals surface area (Å²) in [4.78, 5) is 14.1. The SMILES string of the molecule is CC(C)C1CCC2C3CCC45C(O)CCC4C2(CCCC(=O)O)C1N5C3. The van der Waals surface area contributed by atoms with Crippen LogP contribution in [0.15, 0.2) is 0 Å². The van der Waals surface area contributed by atoms with Crippen molar-refractivity contribution in [1.82, 2.24) is 4.90 Å². The van der Waals surface area contributed by atoms with Gasteiger partial charge in [-0.1, -0.05) is 13.8 Å². The molecule has 9 unspecified atom stereocenters. The first kappa shape index (κ1) is 17.5. The summed E-state index contributed by atoms with van der Waals surface area (Å²) in [5.41, 5.74) is 0.302. The highest BCUT2D eigenvalue weighted by Gasteiger charge is 2.78. The summed E-state index contributed by atoms with van der Waals surface area (Å²) in [5, 5.41) is 20.4. The van der Waals surface area contributed by atoms with Gasteiger partial charge in [-0.3, -0.25) is 9.69 Å². The fraction of sp³-hybridized carbons (Fsp3) is 0.955. The predicted molar refractivity (Wildman–Crippen MR) is 99.7 cm³/mol. The van der Waals surface area contributed by atoms with E-state index in [1.807, 2.05) is 0 Å². The van der Waals surface area contributed by atoms with Gasteiger partial charge in [-0.25, -0.2) is 0 Å². The number of carboxylic acid groups (broad SMARTS) is 1. The molecule has 5 fully saturated rings. The fourth-order valence-electron chi connectivity index (χ4n) is 9.13. The van der Waals surface area contributed by atoms with Gasteiger partial charge in [-0.2, -0.15) is 0 Å². The first-order valence-corrected chi connectivity index (χ1v) is 11.1. The lowest BCUT2D eigenvalue weighted by atomic mass is 9.49. The minimum atomic E-state index is -0.651. The van der Waals surface area contributed by atoms with E-state index in [9.17, 15) is 15.0 Å². The van der Waals surface area contributed by atoms with Crippen molar-refractivity contribution in [2.45, 2.75) is 89.3 Å². The summed E-state index contributed by atoms with van der Waals surface area (Å²) in [5.74, 6) is 2.89. The number of aliphatic hydroxyl groups is 1. The molecule has 0 aromatic heterocycles. The smallest absolute Gasteiger partial charge is 0.303 e. The van der Waals surface area contributed by atoms with E-state index < -0.39 is 5.97 Å². The Morgan fingerprint density at radius 1 is 1.19 bits per heavy atom. The number of rotatable bonds is 5. The maximum atomic E-state index is 11.2. The van der Waals surface area contributed by atoms with Crippen molar-refractivity contribution in [2.75, 3.05) is 6.54 Å². The summed E-state index contributed by atoms with van der Waals surface area (Å²) >= 11 is 0. The van der Waals surface area contributed by atoms with Crippen LogP contribution in [-0.2, 0) is 4.79 Å². The zero-order chi connectivity index (χ0) is 18.3.